The van der Waals surface area contributed by atoms with E-state index in [9.17, 15) is 0 Å². The van der Waals surface area contributed by atoms with Crippen molar-refractivity contribution in [2.24, 2.45) is 5.41 Å². The van der Waals surface area contributed by atoms with E-state index in [1.807, 2.05) is 0 Å². The van der Waals surface area contributed by atoms with Crippen molar-refractivity contribution in [3.05, 3.63) is 34.3 Å². The Morgan fingerprint density at radius 2 is 2.15 bits per heavy atom. The average Bonchev–Trinajstić information content (AvgIpc) is 2.75. The standard InChI is InChI=1S/C16H25BrN2.ClH/c1-13(2)19(12-16(3)7-8-18-11-16)10-14-5-4-6-15(17)9-14;/h4-6,9,13,18H,7-8,10-12H2,1-3H3;1H. The largest absolute Gasteiger partial charge is 0.316 e. The van der Waals surface area contributed by atoms with Gasteiger partial charge in [0.25, 0.3) is 0 Å². The Morgan fingerprint density at radius 1 is 1.40 bits per heavy atom. The molecule has 0 radical (unpaired) electrons. The molecule has 0 spiro atoms. The number of nitrogens with zero attached hydrogens (tertiary/aromatic N) is 1. The van der Waals surface area contributed by atoms with Crippen molar-refractivity contribution in [2.75, 3.05) is 19.6 Å². The van der Waals surface area contributed by atoms with Gasteiger partial charge in [-0.05, 0) is 49.9 Å². The van der Waals surface area contributed by atoms with Crippen LogP contribution in [0.15, 0.2) is 28.7 Å². The maximum atomic E-state index is 3.56. The molecule has 1 aliphatic rings. The Bertz CT molecular complexity index is 417. The molecule has 1 aromatic carbocycles. The minimum absolute atomic E-state index is 0. The summed E-state index contributed by atoms with van der Waals surface area (Å²) in [6, 6.07) is 9.23. The molecular formula is C16H26BrClN2. The quantitative estimate of drug-likeness (QED) is 0.850. The summed E-state index contributed by atoms with van der Waals surface area (Å²) >= 11 is 3.56. The fourth-order valence-corrected chi connectivity index (χ4v) is 3.23. The third kappa shape index (κ3) is 5.03. The molecule has 0 aliphatic carbocycles. The lowest BCUT2D eigenvalue weighted by Gasteiger charge is -2.34. The van der Waals surface area contributed by atoms with Gasteiger partial charge in [-0.15, -0.1) is 12.4 Å². The summed E-state index contributed by atoms with van der Waals surface area (Å²) in [5.74, 6) is 0. The second-order valence-corrected chi connectivity index (χ2v) is 7.28. The van der Waals surface area contributed by atoms with Gasteiger partial charge in [0.2, 0.25) is 0 Å². The van der Waals surface area contributed by atoms with Gasteiger partial charge in [0.05, 0.1) is 0 Å². The Labute approximate surface area is 137 Å². The van der Waals surface area contributed by atoms with Crippen molar-refractivity contribution in [3.8, 4) is 0 Å². The van der Waals surface area contributed by atoms with Crippen molar-refractivity contribution >= 4 is 28.3 Å². The van der Waals surface area contributed by atoms with Crippen LogP contribution in [0.5, 0.6) is 0 Å². The molecular weight excluding hydrogens is 336 g/mol. The molecule has 1 atom stereocenters. The van der Waals surface area contributed by atoms with Crippen molar-refractivity contribution in [3.63, 3.8) is 0 Å². The lowest BCUT2D eigenvalue weighted by atomic mass is 9.88. The van der Waals surface area contributed by atoms with E-state index in [1.54, 1.807) is 0 Å². The number of hydrogen-bond donors (Lipinski definition) is 1. The minimum Gasteiger partial charge on any atom is -0.316 e. The number of benzene rings is 1. The molecule has 1 N–H and O–H groups in total. The van der Waals surface area contributed by atoms with E-state index in [0.717, 1.165) is 13.1 Å². The molecule has 0 bridgehead atoms. The fourth-order valence-electron chi connectivity index (χ4n) is 2.78. The van der Waals surface area contributed by atoms with Crippen LogP contribution in [0.2, 0.25) is 0 Å². The van der Waals surface area contributed by atoms with Crippen molar-refractivity contribution in [2.45, 2.75) is 39.8 Å². The summed E-state index contributed by atoms with van der Waals surface area (Å²) in [6.07, 6.45) is 1.29. The minimum atomic E-state index is 0. The monoisotopic (exact) mass is 360 g/mol. The number of hydrogen-bond acceptors (Lipinski definition) is 2. The summed E-state index contributed by atoms with van der Waals surface area (Å²) in [4.78, 5) is 2.59. The van der Waals surface area contributed by atoms with Gasteiger partial charge in [-0.2, -0.15) is 0 Å². The molecule has 2 nitrogen and oxygen atoms in total. The zero-order valence-electron chi connectivity index (χ0n) is 12.7. The van der Waals surface area contributed by atoms with E-state index < -0.39 is 0 Å². The molecule has 1 saturated heterocycles. The molecule has 1 heterocycles. The van der Waals surface area contributed by atoms with Gasteiger partial charge in [-0.25, -0.2) is 0 Å². The fraction of sp³-hybridized carbons (Fsp3) is 0.625. The van der Waals surface area contributed by atoms with Gasteiger partial charge >= 0.3 is 0 Å². The van der Waals surface area contributed by atoms with Crippen LogP contribution < -0.4 is 5.32 Å². The SMILES string of the molecule is CC(C)N(Cc1cccc(Br)c1)CC1(C)CCNC1.Cl. The van der Waals surface area contributed by atoms with E-state index in [2.05, 4.69) is 71.2 Å². The number of rotatable bonds is 5. The maximum Gasteiger partial charge on any atom is 0.0237 e. The second kappa shape index (κ2) is 7.79. The molecule has 1 fully saturated rings. The predicted molar refractivity (Wildman–Crippen MR) is 92.5 cm³/mol. The first-order chi connectivity index (χ1) is 8.98. The van der Waals surface area contributed by atoms with Crippen molar-refractivity contribution < 1.29 is 0 Å². The van der Waals surface area contributed by atoms with E-state index in [4.69, 9.17) is 0 Å². The van der Waals surface area contributed by atoms with Gasteiger partial charge in [0.15, 0.2) is 0 Å². The Balaban J connectivity index is 0.00000200. The highest BCUT2D eigenvalue weighted by molar-refractivity contribution is 9.10. The summed E-state index contributed by atoms with van der Waals surface area (Å²) in [6.45, 7) is 11.5. The van der Waals surface area contributed by atoms with Crippen LogP contribution >= 0.6 is 28.3 Å². The first-order valence-electron chi connectivity index (χ1n) is 7.18. The zero-order chi connectivity index (χ0) is 13.9. The van der Waals surface area contributed by atoms with Crippen LogP contribution in [0.3, 0.4) is 0 Å². The molecule has 1 unspecified atom stereocenters. The second-order valence-electron chi connectivity index (χ2n) is 6.37. The van der Waals surface area contributed by atoms with Crippen LogP contribution in [0, 0.1) is 5.41 Å². The molecule has 0 saturated carbocycles. The van der Waals surface area contributed by atoms with Gasteiger partial charge in [-0.1, -0.05) is 35.0 Å². The predicted octanol–water partition coefficient (Wildman–Crippen LogP) is 4.08. The molecule has 0 amide bonds. The Morgan fingerprint density at radius 3 is 2.70 bits per heavy atom. The number of nitrogens with one attached hydrogen (secondary N) is 1. The van der Waals surface area contributed by atoms with E-state index in [-0.39, 0.29) is 12.4 Å². The lowest BCUT2D eigenvalue weighted by Crippen LogP contribution is -2.40. The van der Waals surface area contributed by atoms with E-state index in [1.165, 1.54) is 29.5 Å². The van der Waals surface area contributed by atoms with Crippen molar-refractivity contribution in [1.82, 2.24) is 10.2 Å². The summed E-state index contributed by atoms with van der Waals surface area (Å²) in [7, 11) is 0. The highest BCUT2D eigenvalue weighted by atomic mass is 79.9. The molecule has 0 aromatic heterocycles. The Hall–Kier alpha value is -0.0900. The molecule has 2 rings (SSSR count). The van der Waals surface area contributed by atoms with Crippen LogP contribution in [0.4, 0.5) is 0 Å². The lowest BCUT2D eigenvalue weighted by molar-refractivity contribution is 0.137. The van der Waals surface area contributed by atoms with Crippen LogP contribution in [-0.2, 0) is 6.54 Å². The van der Waals surface area contributed by atoms with Gasteiger partial charge in [0, 0.05) is 30.1 Å². The molecule has 1 aliphatic heterocycles. The van der Waals surface area contributed by atoms with E-state index in [0.29, 0.717) is 11.5 Å². The highest BCUT2D eigenvalue weighted by Gasteiger charge is 2.31. The number of halogens is 2. The highest BCUT2D eigenvalue weighted by Crippen LogP contribution is 2.27. The first-order valence-corrected chi connectivity index (χ1v) is 7.97. The third-order valence-electron chi connectivity index (χ3n) is 4.05. The molecule has 20 heavy (non-hydrogen) atoms. The van der Waals surface area contributed by atoms with Gasteiger partial charge in [-0.3, -0.25) is 4.90 Å². The van der Waals surface area contributed by atoms with Crippen molar-refractivity contribution in [1.29, 1.82) is 0 Å². The Kier molecular flexibility index (Phi) is 6.99. The smallest absolute Gasteiger partial charge is 0.0237 e. The van der Waals surface area contributed by atoms with E-state index >= 15 is 0 Å². The summed E-state index contributed by atoms with van der Waals surface area (Å²) in [5.41, 5.74) is 1.81. The topological polar surface area (TPSA) is 15.3 Å². The molecule has 114 valence electrons. The normalized spacial score (nSPS) is 22.3. The zero-order valence-corrected chi connectivity index (χ0v) is 15.1. The average molecular weight is 362 g/mol. The van der Waals surface area contributed by atoms with Crippen LogP contribution in [0.25, 0.3) is 0 Å². The van der Waals surface area contributed by atoms with Crippen LogP contribution in [0.1, 0.15) is 32.8 Å². The van der Waals surface area contributed by atoms with Gasteiger partial charge < -0.3 is 5.32 Å². The molecule has 1 aromatic rings. The maximum absolute atomic E-state index is 3.56. The summed E-state index contributed by atoms with van der Waals surface area (Å²) < 4.78 is 1.17. The first kappa shape index (κ1) is 18.0. The van der Waals surface area contributed by atoms with Crippen LogP contribution in [-0.4, -0.2) is 30.6 Å². The molecule has 4 heteroatoms. The third-order valence-corrected chi connectivity index (χ3v) is 4.54. The van der Waals surface area contributed by atoms with Gasteiger partial charge in [0.1, 0.15) is 0 Å². The summed E-state index contributed by atoms with van der Waals surface area (Å²) in [5, 5.41) is 3.50.